The van der Waals surface area contributed by atoms with Crippen molar-refractivity contribution < 1.29 is 4.74 Å². The average Bonchev–Trinajstić information content (AvgIpc) is 2.46. The molecule has 0 radical (unpaired) electrons. The molecule has 0 amide bonds. The average molecular weight is 283 g/mol. The molecular weight excluding hydrogens is 258 g/mol. The predicted molar refractivity (Wildman–Crippen MR) is 89.1 cm³/mol. The summed E-state index contributed by atoms with van der Waals surface area (Å²) in [6, 6.07) is 16.8. The molecule has 0 aromatic heterocycles. The van der Waals surface area contributed by atoms with Gasteiger partial charge in [0.2, 0.25) is 0 Å². The van der Waals surface area contributed by atoms with Crippen molar-refractivity contribution in [3.05, 3.63) is 59.7 Å². The van der Waals surface area contributed by atoms with E-state index in [1.807, 2.05) is 31.3 Å². The third-order valence-electron chi connectivity index (χ3n) is 3.71. The van der Waals surface area contributed by atoms with Crippen LogP contribution in [0.4, 0.5) is 0 Å². The molecule has 0 spiro atoms. The van der Waals surface area contributed by atoms with Gasteiger partial charge >= 0.3 is 0 Å². The molecule has 112 valence electrons. The van der Waals surface area contributed by atoms with Crippen molar-refractivity contribution in [3.63, 3.8) is 0 Å². The Morgan fingerprint density at radius 3 is 2.38 bits per heavy atom. The van der Waals surface area contributed by atoms with E-state index < -0.39 is 0 Å². The monoisotopic (exact) mass is 283 g/mol. The molecule has 2 rings (SSSR count). The Hall–Kier alpha value is -1.80. The van der Waals surface area contributed by atoms with Gasteiger partial charge < -0.3 is 10.1 Å². The molecule has 2 nitrogen and oxygen atoms in total. The summed E-state index contributed by atoms with van der Waals surface area (Å²) in [6.07, 6.45) is 0. The van der Waals surface area contributed by atoms with E-state index >= 15 is 0 Å². The standard InChI is InChI=1S/C19H25NO/c1-14(20-5)15-9-8-10-16(13-15)21-18-12-7-6-11-17(18)19(2,3)4/h6-14,20H,1-5H3. The van der Waals surface area contributed by atoms with Crippen LogP contribution in [0.3, 0.4) is 0 Å². The fraction of sp³-hybridized carbons (Fsp3) is 0.368. The van der Waals surface area contributed by atoms with E-state index in [1.165, 1.54) is 11.1 Å². The number of ether oxygens (including phenoxy) is 1. The molecule has 2 aromatic carbocycles. The van der Waals surface area contributed by atoms with Gasteiger partial charge in [-0.05, 0) is 43.1 Å². The first kappa shape index (κ1) is 15.6. The fourth-order valence-corrected chi connectivity index (χ4v) is 2.32. The van der Waals surface area contributed by atoms with Gasteiger partial charge in [-0.25, -0.2) is 0 Å². The minimum absolute atomic E-state index is 0.0620. The van der Waals surface area contributed by atoms with Gasteiger partial charge in [0, 0.05) is 11.6 Å². The summed E-state index contributed by atoms with van der Waals surface area (Å²) >= 11 is 0. The van der Waals surface area contributed by atoms with Crippen molar-refractivity contribution >= 4 is 0 Å². The summed E-state index contributed by atoms with van der Waals surface area (Å²) in [5, 5.41) is 3.25. The normalized spacial score (nSPS) is 13.0. The molecule has 0 saturated carbocycles. The Labute approximate surface area is 128 Å². The second kappa shape index (κ2) is 6.31. The second-order valence-electron chi connectivity index (χ2n) is 6.43. The SMILES string of the molecule is CNC(C)c1cccc(Oc2ccccc2C(C)(C)C)c1. The second-order valence-corrected chi connectivity index (χ2v) is 6.43. The minimum atomic E-state index is 0.0620. The highest BCUT2D eigenvalue weighted by Gasteiger charge is 2.18. The summed E-state index contributed by atoms with van der Waals surface area (Å²) in [4.78, 5) is 0. The zero-order valence-electron chi connectivity index (χ0n) is 13.6. The van der Waals surface area contributed by atoms with E-state index in [4.69, 9.17) is 4.74 Å². The van der Waals surface area contributed by atoms with Crippen LogP contribution in [0.25, 0.3) is 0 Å². The van der Waals surface area contributed by atoms with Gasteiger partial charge in [-0.3, -0.25) is 0 Å². The van der Waals surface area contributed by atoms with Crippen molar-refractivity contribution in [2.24, 2.45) is 0 Å². The zero-order chi connectivity index (χ0) is 15.5. The maximum absolute atomic E-state index is 6.14. The first-order valence-electron chi connectivity index (χ1n) is 7.46. The number of para-hydroxylation sites is 1. The maximum atomic E-state index is 6.14. The van der Waals surface area contributed by atoms with E-state index in [-0.39, 0.29) is 5.41 Å². The Morgan fingerprint density at radius 1 is 1.00 bits per heavy atom. The Kier molecular flexibility index (Phi) is 4.69. The van der Waals surface area contributed by atoms with Gasteiger partial charge in [0.15, 0.2) is 0 Å². The highest BCUT2D eigenvalue weighted by atomic mass is 16.5. The van der Waals surface area contributed by atoms with Crippen LogP contribution in [0.2, 0.25) is 0 Å². The smallest absolute Gasteiger partial charge is 0.131 e. The van der Waals surface area contributed by atoms with E-state index in [0.717, 1.165) is 11.5 Å². The van der Waals surface area contributed by atoms with Crippen molar-refractivity contribution in [1.82, 2.24) is 5.32 Å². The minimum Gasteiger partial charge on any atom is -0.457 e. The third-order valence-corrected chi connectivity index (χ3v) is 3.71. The van der Waals surface area contributed by atoms with Crippen LogP contribution in [-0.4, -0.2) is 7.05 Å². The molecule has 0 heterocycles. The number of benzene rings is 2. The summed E-state index contributed by atoms with van der Waals surface area (Å²) in [6.45, 7) is 8.75. The fourth-order valence-electron chi connectivity index (χ4n) is 2.32. The third kappa shape index (κ3) is 3.85. The van der Waals surface area contributed by atoms with Crippen molar-refractivity contribution in [1.29, 1.82) is 0 Å². The van der Waals surface area contributed by atoms with Crippen molar-refractivity contribution in [2.45, 2.75) is 39.2 Å². The van der Waals surface area contributed by atoms with Crippen LogP contribution in [0.5, 0.6) is 11.5 Å². The van der Waals surface area contributed by atoms with E-state index in [0.29, 0.717) is 6.04 Å². The lowest BCUT2D eigenvalue weighted by Crippen LogP contribution is -2.13. The van der Waals surface area contributed by atoms with Crippen LogP contribution in [-0.2, 0) is 5.41 Å². The summed E-state index contributed by atoms with van der Waals surface area (Å²) in [7, 11) is 1.97. The lowest BCUT2D eigenvalue weighted by atomic mass is 9.86. The Bertz CT molecular complexity index is 599. The van der Waals surface area contributed by atoms with E-state index in [1.54, 1.807) is 0 Å². The van der Waals surface area contributed by atoms with Crippen LogP contribution in [0.1, 0.15) is 44.9 Å². The van der Waals surface area contributed by atoms with Crippen LogP contribution < -0.4 is 10.1 Å². The topological polar surface area (TPSA) is 21.3 Å². The molecular formula is C19H25NO. The first-order valence-corrected chi connectivity index (χ1v) is 7.46. The van der Waals surface area contributed by atoms with E-state index in [2.05, 4.69) is 57.3 Å². The van der Waals surface area contributed by atoms with Gasteiger partial charge in [0.25, 0.3) is 0 Å². The zero-order valence-corrected chi connectivity index (χ0v) is 13.6. The molecule has 0 aliphatic carbocycles. The van der Waals surface area contributed by atoms with Gasteiger partial charge in [-0.2, -0.15) is 0 Å². The molecule has 21 heavy (non-hydrogen) atoms. The van der Waals surface area contributed by atoms with Crippen LogP contribution in [0, 0.1) is 0 Å². The number of rotatable bonds is 4. The molecule has 0 aliphatic heterocycles. The molecule has 0 aliphatic rings. The molecule has 0 fully saturated rings. The molecule has 2 heteroatoms. The number of hydrogen-bond donors (Lipinski definition) is 1. The Morgan fingerprint density at radius 2 is 1.71 bits per heavy atom. The van der Waals surface area contributed by atoms with Crippen LogP contribution >= 0.6 is 0 Å². The molecule has 2 aromatic rings. The summed E-state index contributed by atoms with van der Waals surface area (Å²) in [5.41, 5.74) is 2.51. The Balaban J connectivity index is 2.31. The maximum Gasteiger partial charge on any atom is 0.131 e. The summed E-state index contributed by atoms with van der Waals surface area (Å²) < 4.78 is 6.14. The highest BCUT2D eigenvalue weighted by molar-refractivity contribution is 5.42. The van der Waals surface area contributed by atoms with E-state index in [9.17, 15) is 0 Å². The van der Waals surface area contributed by atoms with Crippen molar-refractivity contribution in [2.75, 3.05) is 7.05 Å². The highest BCUT2D eigenvalue weighted by Crippen LogP contribution is 2.34. The predicted octanol–water partition coefficient (Wildman–Crippen LogP) is 5.06. The molecule has 0 saturated heterocycles. The molecule has 1 unspecified atom stereocenters. The molecule has 1 N–H and O–H groups in total. The van der Waals surface area contributed by atoms with Gasteiger partial charge in [0.05, 0.1) is 0 Å². The van der Waals surface area contributed by atoms with Crippen LogP contribution in [0.15, 0.2) is 48.5 Å². The molecule has 0 bridgehead atoms. The quantitative estimate of drug-likeness (QED) is 0.847. The lowest BCUT2D eigenvalue weighted by molar-refractivity contribution is 0.454. The van der Waals surface area contributed by atoms with Gasteiger partial charge in [-0.1, -0.05) is 51.1 Å². The van der Waals surface area contributed by atoms with Gasteiger partial charge in [-0.15, -0.1) is 0 Å². The molecule has 1 atom stereocenters. The largest absolute Gasteiger partial charge is 0.457 e. The van der Waals surface area contributed by atoms with Crippen molar-refractivity contribution in [3.8, 4) is 11.5 Å². The summed E-state index contributed by atoms with van der Waals surface area (Å²) in [5.74, 6) is 1.81. The lowest BCUT2D eigenvalue weighted by Gasteiger charge is -2.22. The number of hydrogen-bond acceptors (Lipinski definition) is 2. The van der Waals surface area contributed by atoms with Gasteiger partial charge in [0.1, 0.15) is 11.5 Å². The first-order chi connectivity index (χ1) is 9.91. The number of nitrogens with one attached hydrogen (secondary N) is 1.